The van der Waals surface area contributed by atoms with Gasteiger partial charge in [-0.3, -0.25) is 19.3 Å². The standard InChI is InChI=1S/C34H32N2O5S/c1-19(2)23-10-12-24(13-11-23)29-28(31(39)33(40)36(29)34-35-21(4)32(42-34)22(5)37)30(38)25-14-16-27(17-15-25)41-18-26-9-7-6-8-20(26)3/h6-17,19,29,38H,18H2,1-5H3/b30-28+. The Kier molecular flexibility index (Phi) is 8.09. The van der Waals surface area contributed by atoms with Crippen molar-refractivity contribution in [2.75, 3.05) is 4.90 Å². The molecule has 1 fully saturated rings. The Labute approximate surface area is 249 Å². The van der Waals surface area contributed by atoms with Gasteiger partial charge in [0, 0.05) is 12.5 Å². The topological polar surface area (TPSA) is 96.8 Å². The summed E-state index contributed by atoms with van der Waals surface area (Å²) in [5, 5.41) is 11.7. The van der Waals surface area contributed by atoms with Gasteiger partial charge in [-0.1, -0.05) is 73.7 Å². The van der Waals surface area contributed by atoms with Crippen LogP contribution in [-0.4, -0.2) is 27.6 Å². The number of carbonyl (C=O) groups is 3. The molecule has 1 saturated heterocycles. The second kappa shape index (κ2) is 11.7. The minimum atomic E-state index is -0.923. The number of hydrogen-bond donors (Lipinski definition) is 1. The second-order valence-corrected chi connectivity index (χ2v) is 11.7. The van der Waals surface area contributed by atoms with E-state index in [-0.39, 0.29) is 28.2 Å². The van der Waals surface area contributed by atoms with Gasteiger partial charge in [0.05, 0.1) is 22.2 Å². The molecule has 4 aromatic rings. The van der Waals surface area contributed by atoms with Gasteiger partial charge in [-0.05, 0) is 66.3 Å². The average Bonchev–Trinajstić information content (AvgIpc) is 3.49. The highest BCUT2D eigenvalue weighted by Gasteiger charge is 2.48. The highest BCUT2D eigenvalue weighted by Crippen LogP contribution is 2.44. The van der Waals surface area contributed by atoms with Crippen LogP contribution in [0.15, 0.2) is 78.4 Å². The van der Waals surface area contributed by atoms with Crippen molar-refractivity contribution in [3.05, 3.63) is 117 Å². The lowest BCUT2D eigenvalue weighted by molar-refractivity contribution is -0.132. The molecule has 214 valence electrons. The maximum atomic E-state index is 13.5. The molecule has 2 heterocycles. The third kappa shape index (κ3) is 5.50. The molecule has 7 nitrogen and oxygen atoms in total. The summed E-state index contributed by atoms with van der Waals surface area (Å²) in [7, 11) is 0. The minimum absolute atomic E-state index is 0.0388. The molecule has 1 unspecified atom stereocenters. The van der Waals surface area contributed by atoms with E-state index in [9.17, 15) is 19.5 Å². The van der Waals surface area contributed by atoms with Crippen molar-refractivity contribution < 1.29 is 24.2 Å². The number of ether oxygens (including phenoxy) is 1. The maximum absolute atomic E-state index is 13.5. The summed E-state index contributed by atoms with van der Waals surface area (Å²) in [5.74, 6) is -1.20. The number of hydrogen-bond acceptors (Lipinski definition) is 7. The van der Waals surface area contributed by atoms with Gasteiger partial charge in [-0.2, -0.15) is 0 Å². The lowest BCUT2D eigenvalue weighted by Gasteiger charge is -2.23. The van der Waals surface area contributed by atoms with E-state index in [1.807, 2.05) is 55.5 Å². The molecule has 0 spiro atoms. The molecule has 3 aromatic carbocycles. The molecule has 1 aromatic heterocycles. The first-order chi connectivity index (χ1) is 20.1. The van der Waals surface area contributed by atoms with E-state index in [0.29, 0.717) is 34.1 Å². The molecule has 1 aliphatic heterocycles. The zero-order chi connectivity index (χ0) is 30.1. The lowest BCUT2D eigenvalue weighted by Crippen LogP contribution is -2.29. The van der Waals surface area contributed by atoms with Crippen LogP contribution in [0.4, 0.5) is 5.13 Å². The quantitative estimate of drug-likeness (QED) is 0.102. The summed E-state index contributed by atoms with van der Waals surface area (Å²) < 4.78 is 5.94. The number of carbonyl (C=O) groups excluding carboxylic acids is 3. The summed E-state index contributed by atoms with van der Waals surface area (Å²) in [6, 6.07) is 21.4. The highest BCUT2D eigenvalue weighted by molar-refractivity contribution is 7.18. The summed E-state index contributed by atoms with van der Waals surface area (Å²) in [4.78, 5) is 45.4. The number of benzene rings is 3. The highest BCUT2D eigenvalue weighted by atomic mass is 32.1. The average molecular weight is 581 g/mol. The Morgan fingerprint density at radius 2 is 1.67 bits per heavy atom. The summed E-state index contributed by atoms with van der Waals surface area (Å²) in [6.45, 7) is 9.71. The molecular formula is C34H32N2O5S. The molecule has 0 saturated carbocycles. The Morgan fingerprint density at radius 1 is 1.00 bits per heavy atom. The Hall–Kier alpha value is -4.56. The van der Waals surface area contributed by atoms with Crippen molar-refractivity contribution >= 4 is 39.7 Å². The van der Waals surface area contributed by atoms with Crippen LogP contribution in [0, 0.1) is 13.8 Å². The van der Waals surface area contributed by atoms with Crippen LogP contribution in [0.25, 0.3) is 5.76 Å². The number of Topliss-reactive ketones (excluding diaryl/α,β-unsaturated/α-hetero) is 2. The van der Waals surface area contributed by atoms with Crippen molar-refractivity contribution in [2.24, 2.45) is 0 Å². The number of anilines is 1. The monoisotopic (exact) mass is 580 g/mol. The van der Waals surface area contributed by atoms with Crippen molar-refractivity contribution in [3.63, 3.8) is 0 Å². The van der Waals surface area contributed by atoms with E-state index < -0.39 is 17.7 Å². The fourth-order valence-corrected chi connectivity index (χ4v) is 6.01. The van der Waals surface area contributed by atoms with Crippen LogP contribution < -0.4 is 9.64 Å². The third-order valence-electron chi connectivity index (χ3n) is 7.46. The SMILES string of the molecule is CC(=O)c1sc(N2C(=O)C(=O)/C(=C(/O)c3ccc(OCc4ccccc4C)cc3)C2c2ccc(C(C)C)cc2)nc1C. The third-order valence-corrected chi connectivity index (χ3v) is 8.72. The van der Waals surface area contributed by atoms with Gasteiger partial charge in [0.25, 0.3) is 5.78 Å². The smallest absolute Gasteiger partial charge is 0.301 e. The van der Waals surface area contributed by atoms with Crippen LogP contribution in [0.2, 0.25) is 0 Å². The molecular weight excluding hydrogens is 548 g/mol. The summed E-state index contributed by atoms with van der Waals surface area (Å²) >= 11 is 1.06. The fraction of sp³-hybridized carbons (Fsp3) is 0.235. The molecule has 1 N–H and O–H groups in total. The molecule has 0 aliphatic carbocycles. The van der Waals surface area contributed by atoms with Crippen molar-refractivity contribution in [1.82, 2.24) is 4.98 Å². The van der Waals surface area contributed by atoms with Gasteiger partial charge in [0.1, 0.15) is 18.1 Å². The predicted octanol–water partition coefficient (Wildman–Crippen LogP) is 7.29. The number of aryl methyl sites for hydroxylation is 2. The van der Waals surface area contributed by atoms with E-state index in [1.54, 1.807) is 31.2 Å². The number of nitrogens with zero attached hydrogens (tertiary/aromatic N) is 2. The van der Waals surface area contributed by atoms with Crippen molar-refractivity contribution in [1.29, 1.82) is 0 Å². The number of aromatic nitrogens is 1. The van der Waals surface area contributed by atoms with E-state index in [0.717, 1.165) is 28.0 Å². The van der Waals surface area contributed by atoms with Crippen LogP contribution in [0.1, 0.15) is 75.9 Å². The van der Waals surface area contributed by atoms with Crippen molar-refractivity contribution in [2.45, 2.75) is 53.2 Å². The Morgan fingerprint density at radius 3 is 2.26 bits per heavy atom. The maximum Gasteiger partial charge on any atom is 0.301 e. The Balaban J connectivity index is 1.54. The molecule has 42 heavy (non-hydrogen) atoms. The molecule has 0 radical (unpaired) electrons. The van der Waals surface area contributed by atoms with Crippen molar-refractivity contribution in [3.8, 4) is 5.75 Å². The molecule has 1 amide bonds. The summed E-state index contributed by atoms with van der Waals surface area (Å²) in [5.41, 5.74) is 4.76. The summed E-state index contributed by atoms with van der Waals surface area (Å²) in [6.07, 6.45) is 0. The van der Waals surface area contributed by atoms with E-state index in [1.165, 1.54) is 11.8 Å². The second-order valence-electron chi connectivity index (χ2n) is 10.7. The first kappa shape index (κ1) is 29.0. The number of thiazole rings is 1. The van der Waals surface area contributed by atoms with Gasteiger partial charge in [0.2, 0.25) is 0 Å². The van der Waals surface area contributed by atoms with Gasteiger partial charge < -0.3 is 9.84 Å². The number of aliphatic hydroxyl groups excluding tert-OH is 1. The largest absolute Gasteiger partial charge is 0.507 e. The zero-order valence-electron chi connectivity index (χ0n) is 24.2. The predicted molar refractivity (Wildman–Crippen MR) is 164 cm³/mol. The molecule has 1 atom stereocenters. The van der Waals surface area contributed by atoms with Crippen LogP contribution in [0.5, 0.6) is 5.75 Å². The first-order valence-corrected chi connectivity index (χ1v) is 14.6. The number of ketones is 2. The van der Waals surface area contributed by atoms with E-state index in [4.69, 9.17) is 4.74 Å². The van der Waals surface area contributed by atoms with Gasteiger partial charge in [0.15, 0.2) is 10.9 Å². The van der Waals surface area contributed by atoms with Crippen LogP contribution in [0.3, 0.4) is 0 Å². The number of rotatable bonds is 8. The molecule has 0 bridgehead atoms. The van der Waals surface area contributed by atoms with Gasteiger partial charge in [-0.25, -0.2) is 4.98 Å². The van der Waals surface area contributed by atoms with Gasteiger partial charge >= 0.3 is 5.91 Å². The van der Waals surface area contributed by atoms with E-state index >= 15 is 0 Å². The van der Waals surface area contributed by atoms with Crippen LogP contribution in [-0.2, 0) is 16.2 Å². The number of aliphatic hydroxyl groups is 1. The van der Waals surface area contributed by atoms with Crippen LogP contribution >= 0.6 is 11.3 Å². The lowest BCUT2D eigenvalue weighted by atomic mass is 9.93. The molecule has 1 aliphatic rings. The Bertz CT molecular complexity index is 1700. The first-order valence-electron chi connectivity index (χ1n) is 13.7. The minimum Gasteiger partial charge on any atom is -0.507 e. The zero-order valence-corrected chi connectivity index (χ0v) is 25.0. The van der Waals surface area contributed by atoms with Gasteiger partial charge in [-0.15, -0.1) is 0 Å². The fourth-order valence-electron chi connectivity index (χ4n) is 5.02. The number of amides is 1. The normalized spacial score (nSPS) is 16.3. The molecule has 8 heteroatoms. The molecule has 5 rings (SSSR count). The van der Waals surface area contributed by atoms with E-state index in [2.05, 4.69) is 18.8 Å².